The van der Waals surface area contributed by atoms with Crippen LogP contribution in [0.1, 0.15) is 14.7 Å². The van der Waals surface area contributed by atoms with Gasteiger partial charge in [-0.25, -0.2) is 0 Å². The van der Waals surface area contributed by atoms with Gasteiger partial charge in [0.15, 0.2) is 0 Å². The van der Waals surface area contributed by atoms with E-state index in [-0.39, 0.29) is 6.42 Å². The number of hydrogen-bond donors (Lipinski definition) is 3. The second-order valence-corrected chi connectivity index (χ2v) is 5.57. The maximum Gasteiger partial charge on any atom is 0.264 e. The van der Waals surface area contributed by atoms with Crippen molar-refractivity contribution in [2.45, 2.75) is 18.9 Å². The molecule has 4 N–H and O–H groups in total. The topological polar surface area (TPSA) is 109 Å². The molecular weight excluding hydrogens is 268 g/mol. The highest BCUT2D eigenvalue weighted by Gasteiger charge is 2.13. The minimum Gasteiger partial charge on any atom is -0.355 e. The Morgan fingerprint density at radius 3 is 2.63 bits per heavy atom. The minimum absolute atomic E-state index is 0.237. The maximum absolute atomic E-state index is 11.8. The van der Waals surface area contributed by atoms with E-state index in [0.717, 1.165) is 5.56 Å². The number of hydrogen-bond acceptors (Lipinski definition) is 4. The Morgan fingerprint density at radius 1 is 1.42 bits per heavy atom. The molecule has 6 nitrogen and oxygen atoms in total. The van der Waals surface area contributed by atoms with E-state index >= 15 is 0 Å². The fourth-order valence-electron chi connectivity index (χ4n) is 1.38. The molecule has 0 aromatic heterocycles. The van der Waals surface area contributed by atoms with Crippen molar-refractivity contribution < 1.29 is 20.5 Å². The number of nitrogens with two attached hydrogens (primary N) is 1. The Labute approximate surface area is 115 Å². The van der Waals surface area contributed by atoms with Crippen molar-refractivity contribution in [1.82, 2.24) is 5.32 Å². The Kier molecular flexibility index (Phi) is 4.79. The fraction of sp³-hybridized carbons (Fsp3) is 0.417. The molecule has 0 fully saturated rings. The smallest absolute Gasteiger partial charge is 0.264 e. The second-order valence-electron chi connectivity index (χ2n) is 4.00. The Bertz CT molecular complexity index is 578. The molecule has 0 aliphatic heterocycles. The molecular formula is C12H18N2O4S. The van der Waals surface area contributed by atoms with E-state index in [0.29, 0.717) is 0 Å². The van der Waals surface area contributed by atoms with Gasteiger partial charge in [-0.05, 0) is 18.4 Å². The van der Waals surface area contributed by atoms with Gasteiger partial charge in [0.2, 0.25) is 5.91 Å². The molecule has 0 spiro atoms. The molecule has 7 heteroatoms. The number of carbonyl (C=O) groups is 1. The van der Waals surface area contributed by atoms with Crippen LogP contribution in [0.25, 0.3) is 0 Å². The quantitative estimate of drug-likeness (QED) is 0.609. The van der Waals surface area contributed by atoms with Crippen LogP contribution in [0.15, 0.2) is 30.3 Å². The molecule has 1 amide bonds. The SMILES string of the molecule is [2H]C([2H])(CCS(=O)(=O)O)NC(=O)[C@@H](N)Cc1ccccc1. The summed E-state index contributed by atoms with van der Waals surface area (Å²) in [5, 5.41) is 2.04. The predicted molar refractivity (Wildman–Crippen MR) is 72.2 cm³/mol. The van der Waals surface area contributed by atoms with Crippen molar-refractivity contribution >= 4 is 16.0 Å². The first-order chi connectivity index (χ1) is 9.59. The Balaban J connectivity index is 2.54. The van der Waals surface area contributed by atoms with E-state index in [2.05, 4.69) is 0 Å². The van der Waals surface area contributed by atoms with Crippen LogP contribution in [-0.2, 0) is 21.3 Å². The van der Waals surface area contributed by atoms with Crippen molar-refractivity contribution in [1.29, 1.82) is 0 Å². The molecule has 0 unspecified atom stereocenters. The van der Waals surface area contributed by atoms with Gasteiger partial charge in [-0.3, -0.25) is 9.35 Å². The third-order valence-electron chi connectivity index (χ3n) is 2.33. The van der Waals surface area contributed by atoms with E-state index in [1.807, 2.05) is 11.4 Å². The molecule has 1 aromatic carbocycles. The van der Waals surface area contributed by atoms with Gasteiger partial charge in [-0.1, -0.05) is 30.3 Å². The van der Waals surface area contributed by atoms with Gasteiger partial charge < -0.3 is 11.1 Å². The maximum atomic E-state index is 11.8. The van der Waals surface area contributed by atoms with Crippen LogP contribution in [0.5, 0.6) is 0 Å². The van der Waals surface area contributed by atoms with Gasteiger partial charge in [-0.15, -0.1) is 0 Å². The van der Waals surface area contributed by atoms with Gasteiger partial charge in [0.25, 0.3) is 10.1 Å². The zero-order valence-electron chi connectivity index (χ0n) is 12.2. The summed E-state index contributed by atoms with van der Waals surface area (Å²) in [4.78, 5) is 11.8. The third kappa shape index (κ3) is 6.90. The number of benzene rings is 1. The number of rotatable bonds is 7. The molecule has 0 bridgehead atoms. The third-order valence-corrected chi connectivity index (χ3v) is 3.05. The van der Waals surface area contributed by atoms with Gasteiger partial charge in [-0.2, -0.15) is 8.42 Å². The Morgan fingerprint density at radius 2 is 2.05 bits per heavy atom. The van der Waals surface area contributed by atoms with Gasteiger partial charge in [0, 0.05) is 9.24 Å². The number of nitrogens with one attached hydrogen (secondary N) is 1. The molecule has 19 heavy (non-hydrogen) atoms. The molecule has 0 heterocycles. The van der Waals surface area contributed by atoms with E-state index in [1.54, 1.807) is 24.3 Å². The highest BCUT2D eigenvalue weighted by atomic mass is 32.2. The first kappa shape index (κ1) is 12.6. The zero-order chi connectivity index (χ0) is 16.1. The molecule has 0 radical (unpaired) electrons. The highest BCUT2D eigenvalue weighted by molar-refractivity contribution is 7.85. The van der Waals surface area contributed by atoms with Crippen molar-refractivity contribution in [3.8, 4) is 0 Å². The minimum atomic E-state index is -4.28. The summed E-state index contributed by atoms with van der Waals surface area (Å²) in [6, 6.07) is 8.05. The van der Waals surface area contributed by atoms with Crippen molar-refractivity contribution in [2.75, 3.05) is 12.2 Å². The monoisotopic (exact) mass is 288 g/mol. The number of carbonyl (C=O) groups excluding carboxylic acids is 1. The van der Waals surface area contributed by atoms with Crippen LogP contribution in [0.4, 0.5) is 0 Å². The van der Waals surface area contributed by atoms with E-state index < -0.39 is 40.7 Å². The molecule has 0 saturated carbocycles. The summed E-state index contributed by atoms with van der Waals surface area (Å²) < 4.78 is 44.8. The van der Waals surface area contributed by atoms with E-state index in [9.17, 15) is 13.2 Å². The van der Waals surface area contributed by atoms with E-state index in [1.165, 1.54) is 0 Å². The van der Waals surface area contributed by atoms with Gasteiger partial charge in [0.05, 0.1) is 11.8 Å². The lowest BCUT2D eigenvalue weighted by Crippen LogP contribution is -2.42. The molecule has 106 valence electrons. The second kappa shape index (κ2) is 7.22. The normalized spacial score (nSPS) is 15.3. The largest absolute Gasteiger partial charge is 0.355 e. The van der Waals surface area contributed by atoms with Crippen LogP contribution in [0.2, 0.25) is 0 Å². The molecule has 1 aromatic rings. The number of amides is 1. The zero-order valence-corrected chi connectivity index (χ0v) is 11.1. The molecule has 0 aliphatic rings. The molecule has 1 rings (SSSR count). The lowest BCUT2D eigenvalue weighted by atomic mass is 10.1. The average molecular weight is 288 g/mol. The highest BCUT2D eigenvalue weighted by Crippen LogP contribution is 2.01. The van der Waals surface area contributed by atoms with Crippen LogP contribution >= 0.6 is 0 Å². The summed E-state index contributed by atoms with van der Waals surface area (Å²) in [5.74, 6) is -1.51. The van der Waals surface area contributed by atoms with Gasteiger partial charge >= 0.3 is 0 Å². The van der Waals surface area contributed by atoms with Crippen molar-refractivity contribution in [3.63, 3.8) is 0 Å². The van der Waals surface area contributed by atoms with Gasteiger partial charge in [0.1, 0.15) is 0 Å². The predicted octanol–water partition coefficient (Wildman–Crippen LogP) is -0.0495. The average Bonchev–Trinajstić information content (AvgIpc) is 2.36. The summed E-state index contributed by atoms with van der Waals surface area (Å²) >= 11 is 0. The fourth-order valence-corrected chi connectivity index (χ4v) is 1.74. The van der Waals surface area contributed by atoms with Crippen LogP contribution in [0.3, 0.4) is 0 Å². The Hall–Kier alpha value is -1.44. The van der Waals surface area contributed by atoms with Crippen LogP contribution in [-0.4, -0.2) is 37.2 Å². The molecule has 1 atom stereocenters. The standard InChI is InChI=1S/C12H18N2O4S/c13-11(9-10-5-2-1-3-6-10)12(15)14-7-4-8-19(16,17)18/h1-3,5-6,11H,4,7-9,13H2,(H,14,15)(H,16,17,18)/t11-/m0/s1/i7D2. The molecule has 0 saturated heterocycles. The van der Waals surface area contributed by atoms with Crippen LogP contribution < -0.4 is 11.1 Å². The van der Waals surface area contributed by atoms with Crippen LogP contribution in [0, 0.1) is 0 Å². The lowest BCUT2D eigenvalue weighted by Gasteiger charge is -2.12. The summed E-state index contributed by atoms with van der Waals surface area (Å²) in [5.41, 5.74) is 6.52. The summed E-state index contributed by atoms with van der Waals surface area (Å²) in [6.45, 7) is -2.26. The molecule has 0 aliphatic carbocycles. The van der Waals surface area contributed by atoms with Crippen molar-refractivity contribution in [3.05, 3.63) is 35.9 Å². The van der Waals surface area contributed by atoms with Crippen molar-refractivity contribution in [2.24, 2.45) is 5.73 Å². The first-order valence-electron chi connectivity index (χ1n) is 6.66. The lowest BCUT2D eigenvalue weighted by molar-refractivity contribution is -0.122. The first-order valence-corrected chi connectivity index (χ1v) is 7.27. The summed E-state index contributed by atoms with van der Waals surface area (Å²) in [7, 11) is -4.28. The summed E-state index contributed by atoms with van der Waals surface area (Å²) in [6.07, 6.45) is -0.323. The van der Waals surface area contributed by atoms with E-state index in [4.69, 9.17) is 13.0 Å².